The predicted molar refractivity (Wildman–Crippen MR) is 175 cm³/mol. The van der Waals surface area contributed by atoms with Gasteiger partial charge in [0.25, 0.3) is 11.4 Å². The summed E-state index contributed by atoms with van der Waals surface area (Å²) in [6, 6.07) is 8.73. The third-order valence-electron chi connectivity index (χ3n) is 7.91. The second kappa shape index (κ2) is 16.0. The van der Waals surface area contributed by atoms with Gasteiger partial charge in [-0.3, -0.25) is 39.4 Å². The summed E-state index contributed by atoms with van der Waals surface area (Å²) < 4.78 is 0. The summed E-state index contributed by atoms with van der Waals surface area (Å²) >= 11 is 0.872. The molecule has 2 aliphatic rings. The van der Waals surface area contributed by atoms with E-state index in [0.29, 0.717) is 76.3 Å². The minimum atomic E-state index is -0.585. The van der Waals surface area contributed by atoms with E-state index in [1.807, 2.05) is 0 Å². The molecule has 2 aromatic carbocycles. The van der Waals surface area contributed by atoms with Crippen LogP contribution in [0.3, 0.4) is 0 Å². The van der Waals surface area contributed by atoms with Gasteiger partial charge in [-0.2, -0.15) is 0 Å². The van der Waals surface area contributed by atoms with Crippen molar-refractivity contribution in [1.82, 2.24) is 19.6 Å². The van der Waals surface area contributed by atoms with Crippen LogP contribution in [0.25, 0.3) is 12.2 Å². The molecule has 2 saturated heterocycles. The molecule has 0 bridgehead atoms. The highest BCUT2D eigenvalue weighted by atomic mass is 32.2. The standard InChI is InChI=1S/C32H36N6O8S/c1-3-29(39)33-13-17-35(18-14-33)31(41)11-7-23-5-9-27(25(21-23)37(43)44)47-28-10-6-24(22-26(28)38(45)46)8-12-32(42)36-19-15-34(16-20-36)30(40)4-2/h5-12,21-22H,3-4,13-20H2,1-2H3/b11-7+,12-8+. The summed E-state index contributed by atoms with van der Waals surface area (Å²) in [5, 5.41) is 23.9. The Hall–Kier alpha value is -5.05. The van der Waals surface area contributed by atoms with Crippen molar-refractivity contribution in [2.75, 3.05) is 52.4 Å². The highest BCUT2D eigenvalue weighted by Crippen LogP contribution is 2.40. The van der Waals surface area contributed by atoms with Crippen molar-refractivity contribution >= 4 is 58.9 Å². The van der Waals surface area contributed by atoms with Crippen LogP contribution in [0, 0.1) is 20.2 Å². The van der Waals surface area contributed by atoms with E-state index >= 15 is 0 Å². The largest absolute Gasteiger partial charge is 0.339 e. The number of carbonyl (C=O) groups excluding carboxylic acids is 4. The molecule has 0 spiro atoms. The summed E-state index contributed by atoms with van der Waals surface area (Å²) in [5.74, 6) is -0.466. The Morgan fingerprint density at radius 3 is 1.30 bits per heavy atom. The van der Waals surface area contributed by atoms with Crippen molar-refractivity contribution < 1.29 is 29.0 Å². The van der Waals surface area contributed by atoms with E-state index < -0.39 is 9.85 Å². The average Bonchev–Trinajstić information content (AvgIpc) is 3.09. The number of hydrogen-bond acceptors (Lipinski definition) is 9. The van der Waals surface area contributed by atoms with E-state index in [0.717, 1.165) is 11.8 Å². The van der Waals surface area contributed by atoms with Crippen LogP contribution in [-0.2, 0) is 19.2 Å². The number of benzene rings is 2. The van der Waals surface area contributed by atoms with Crippen molar-refractivity contribution in [3.63, 3.8) is 0 Å². The maximum absolute atomic E-state index is 12.7. The highest BCUT2D eigenvalue weighted by Gasteiger charge is 2.24. The van der Waals surface area contributed by atoms with Crippen LogP contribution in [0.2, 0.25) is 0 Å². The van der Waals surface area contributed by atoms with E-state index in [2.05, 4.69) is 0 Å². The highest BCUT2D eigenvalue weighted by molar-refractivity contribution is 7.99. The third kappa shape index (κ3) is 9.03. The van der Waals surface area contributed by atoms with Crippen LogP contribution < -0.4 is 0 Å². The van der Waals surface area contributed by atoms with Gasteiger partial charge in [0.15, 0.2) is 0 Å². The molecule has 0 aromatic heterocycles. The Bertz CT molecular complexity index is 1490. The fourth-order valence-electron chi connectivity index (χ4n) is 5.20. The number of nitrogens with zero attached hydrogens (tertiary/aromatic N) is 6. The Morgan fingerprint density at radius 1 is 0.638 bits per heavy atom. The quantitative estimate of drug-likeness (QED) is 0.208. The Kier molecular flexibility index (Phi) is 11.8. The summed E-state index contributed by atoms with van der Waals surface area (Å²) in [7, 11) is 0. The summed E-state index contributed by atoms with van der Waals surface area (Å²) in [6.45, 7) is 6.97. The molecule has 2 fully saturated rings. The van der Waals surface area contributed by atoms with Crippen molar-refractivity contribution in [3.05, 3.63) is 79.9 Å². The van der Waals surface area contributed by atoms with E-state index in [4.69, 9.17) is 0 Å². The van der Waals surface area contributed by atoms with Crippen molar-refractivity contribution in [2.24, 2.45) is 0 Å². The van der Waals surface area contributed by atoms with Gasteiger partial charge in [-0.15, -0.1) is 0 Å². The summed E-state index contributed by atoms with van der Waals surface area (Å²) in [5.41, 5.74) is 0.265. The van der Waals surface area contributed by atoms with Gasteiger partial charge in [-0.05, 0) is 35.4 Å². The maximum Gasteiger partial charge on any atom is 0.283 e. The van der Waals surface area contributed by atoms with Gasteiger partial charge in [0.2, 0.25) is 23.6 Å². The molecule has 4 rings (SSSR count). The topological polar surface area (TPSA) is 168 Å². The Balaban J connectivity index is 1.43. The normalized spacial score (nSPS) is 15.4. The van der Waals surface area contributed by atoms with Crippen LogP contribution in [0.4, 0.5) is 11.4 Å². The summed E-state index contributed by atoms with van der Waals surface area (Å²) in [4.78, 5) is 78.8. The molecular formula is C32H36N6O8S. The monoisotopic (exact) mass is 664 g/mol. The number of carbonyl (C=O) groups is 4. The van der Waals surface area contributed by atoms with Crippen LogP contribution in [0.15, 0.2) is 58.3 Å². The SMILES string of the molecule is CCC(=O)N1CCN(C(=O)/C=C/c2ccc(Sc3ccc(/C=C/C(=O)N4CCN(C(=O)CC)CC4)cc3[N+](=O)[O-])c([N+](=O)[O-])c2)CC1. The number of amides is 4. The fraction of sp³-hybridized carbons (Fsp3) is 0.375. The van der Waals surface area contributed by atoms with Crippen molar-refractivity contribution in [1.29, 1.82) is 0 Å². The van der Waals surface area contributed by atoms with Gasteiger partial charge in [0.05, 0.1) is 19.6 Å². The van der Waals surface area contributed by atoms with Gasteiger partial charge < -0.3 is 19.6 Å². The Labute approximate surface area is 276 Å². The first-order valence-corrected chi connectivity index (χ1v) is 16.1. The first-order chi connectivity index (χ1) is 22.5. The lowest BCUT2D eigenvalue weighted by Gasteiger charge is -2.34. The van der Waals surface area contributed by atoms with E-state index in [9.17, 15) is 39.4 Å². The fourth-order valence-corrected chi connectivity index (χ4v) is 6.18. The van der Waals surface area contributed by atoms with Crippen molar-refractivity contribution in [2.45, 2.75) is 36.5 Å². The molecule has 0 atom stereocenters. The number of rotatable bonds is 10. The molecule has 0 unspecified atom stereocenters. The number of nitro benzene ring substituents is 2. The molecule has 248 valence electrons. The molecule has 0 saturated carbocycles. The molecule has 0 aliphatic carbocycles. The van der Waals surface area contributed by atoms with E-state index in [1.165, 1.54) is 48.6 Å². The van der Waals surface area contributed by atoms with Crippen LogP contribution in [-0.4, -0.2) is 105 Å². The zero-order valence-corrected chi connectivity index (χ0v) is 27.0. The van der Waals surface area contributed by atoms with Crippen molar-refractivity contribution in [3.8, 4) is 0 Å². The molecule has 0 N–H and O–H groups in total. The number of hydrogen-bond donors (Lipinski definition) is 0. The summed E-state index contributed by atoms with van der Waals surface area (Å²) in [6.07, 6.45) is 6.42. The molecule has 14 nitrogen and oxygen atoms in total. The zero-order valence-electron chi connectivity index (χ0n) is 26.2. The Morgan fingerprint density at radius 2 is 0.979 bits per heavy atom. The second-order valence-corrected chi connectivity index (χ2v) is 11.9. The van der Waals surface area contributed by atoms with Gasteiger partial charge >= 0.3 is 0 Å². The lowest BCUT2D eigenvalue weighted by Crippen LogP contribution is -2.50. The maximum atomic E-state index is 12.7. The lowest BCUT2D eigenvalue weighted by molar-refractivity contribution is -0.388. The minimum absolute atomic E-state index is 0.0380. The van der Waals surface area contributed by atoms with Crippen LogP contribution >= 0.6 is 11.8 Å². The molecule has 0 radical (unpaired) electrons. The van der Waals surface area contributed by atoms with Gasteiger partial charge in [-0.1, -0.05) is 37.7 Å². The minimum Gasteiger partial charge on any atom is -0.339 e. The first kappa shape index (κ1) is 34.8. The van der Waals surface area contributed by atoms with Crippen LogP contribution in [0.1, 0.15) is 37.8 Å². The number of piperazine rings is 2. The van der Waals surface area contributed by atoms with Gasteiger partial charge in [0.1, 0.15) is 0 Å². The lowest BCUT2D eigenvalue weighted by atomic mass is 10.1. The predicted octanol–water partition coefficient (Wildman–Crippen LogP) is 3.84. The molecule has 2 aliphatic heterocycles. The zero-order chi connectivity index (χ0) is 34.1. The van der Waals surface area contributed by atoms with E-state index in [-0.39, 0.29) is 44.8 Å². The average molecular weight is 665 g/mol. The molecular weight excluding hydrogens is 628 g/mol. The van der Waals surface area contributed by atoms with Gasteiger partial charge in [-0.25, -0.2) is 0 Å². The number of nitro groups is 2. The van der Waals surface area contributed by atoms with Gasteiger partial charge in [0, 0.05) is 89.5 Å². The molecule has 15 heteroatoms. The van der Waals surface area contributed by atoms with Crippen LogP contribution in [0.5, 0.6) is 0 Å². The van der Waals surface area contributed by atoms with E-state index in [1.54, 1.807) is 45.6 Å². The second-order valence-electron chi connectivity index (χ2n) is 10.9. The molecule has 47 heavy (non-hydrogen) atoms. The smallest absolute Gasteiger partial charge is 0.283 e. The molecule has 2 heterocycles. The molecule has 2 aromatic rings. The molecule has 4 amide bonds. The third-order valence-corrected chi connectivity index (χ3v) is 9.04. The first-order valence-electron chi connectivity index (χ1n) is 15.2.